The van der Waals surface area contributed by atoms with Gasteiger partial charge in [-0.3, -0.25) is 4.98 Å². The number of pyridine rings is 1. The summed E-state index contributed by atoms with van der Waals surface area (Å²) in [6.45, 7) is 5.93. The molecular formula is C10H11NO. The molecule has 0 atom stereocenters. The van der Waals surface area contributed by atoms with Gasteiger partial charge in [-0.1, -0.05) is 0 Å². The summed E-state index contributed by atoms with van der Waals surface area (Å²) in [4.78, 5) is 4.36. The lowest BCUT2D eigenvalue weighted by molar-refractivity contribution is 0.578. The van der Waals surface area contributed by atoms with Gasteiger partial charge >= 0.3 is 0 Å². The molecule has 2 aromatic heterocycles. The lowest BCUT2D eigenvalue weighted by atomic mass is 10.2. The van der Waals surface area contributed by atoms with Crippen molar-refractivity contribution in [2.75, 3.05) is 0 Å². The highest BCUT2D eigenvalue weighted by molar-refractivity contribution is 5.80. The van der Waals surface area contributed by atoms with Gasteiger partial charge in [0, 0.05) is 22.8 Å². The third-order valence-electron chi connectivity index (χ3n) is 1.96. The van der Waals surface area contributed by atoms with Gasteiger partial charge in [0.1, 0.15) is 11.3 Å². The van der Waals surface area contributed by atoms with Crippen LogP contribution in [0.25, 0.3) is 11.0 Å². The maximum absolute atomic E-state index is 5.49. The van der Waals surface area contributed by atoms with Crippen molar-refractivity contribution in [1.82, 2.24) is 4.98 Å². The van der Waals surface area contributed by atoms with Crippen LogP contribution in [0.15, 0.2) is 16.5 Å². The highest BCUT2D eigenvalue weighted by Crippen LogP contribution is 2.21. The maximum atomic E-state index is 5.49. The zero-order valence-corrected chi connectivity index (χ0v) is 7.51. The Kier molecular flexibility index (Phi) is 1.43. The van der Waals surface area contributed by atoms with Crippen LogP contribution in [0.4, 0.5) is 0 Å². The second kappa shape index (κ2) is 2.34. The minimum Gasteiger partial charge on any atom is -0.461 e. The third kappa shape index (κ3) is 0.998. The molecule has 62 valence electrons. The van der Waals surface area contributed by atoms with Gasteiger partial charge < -0.3 is 4.42 Å². The Labute approximate surface area is 71.2 Å². The topological polar surface area (TPSA) is 26.0 Å². The lowest BCUT2D eigenvalue weighted by Gasteiger charge is -1.95. The Hall–Kier alpha value is -1.31. The molecule has 0 bridgehead atoms. The quantitative estimate of drug-likeness (QED) is 0.593. The van der Waals surface area contributed by atoms with E-state index >= 15 is 0 Å². The minimum atomic E-state index is 0.942. The molecule has 2 heteroatoms. The summed E-state index contributed by atoms with van der Waals surface area (Å²) in [5.74, 6) is 0.945. The molecule has 12 heavy (non-hydrogen) atoms. The van der Waals surface area contributed by atoms with Crippen molar-refractivity contribution in [2.24, 2.45) is 0 Å². The van der Waals surface area contributed by atoms with Gasteiger partial charge in [0.05, 0.1) is 0 Å². The number of hydrogen-bond donors (Lipinski definition) is 0. The van der Waals surface area contributed by atoms with Crippen LogP contribution in [0.2, 0.25) is 0 Å². The summed E-state index contributed by atoms with van der Waals surface area (Å²) in [5, 5.41) is 1.12. The highest BCUT2D eigenvalue weighted by atomic mass is 16.3. The monoisotopic (exact) mass is 161 g/mol. The van der Waals surface area contributed by atoms with Gasteiger partial charge in [-0.2, -0.15) is 0 Å². The highest BCUT2D eigenvalue weighted by Gasteiger charge is 2.04. The van der Waals surface area contributed by atoms with Crippen molar-refractivity contribution in [3.05, 3.63) is 29.3 Å². The van der Waals surface area contributed by atoms with Crippen LogP contribution in [-0.2, 0) is 0 Å². The number of hydrogen-bond acceptors (Lipinski definition) is 2. The van der Waals surface area contributed by atoms with Crippen molar-refractivity contribution in [1.29, 1.82) is 0 Å². The predicted octanol–water partition coefficient (Wildman–Crippen LogP) is 2.75. The largest absolute Gasteiger partial charge is 0.461 e. The molecule has 2 heterocycles. The molecule has 0 saturated carbocycles. The van der Waals surface area contributed by atoms with E-state index in [1.807, 2.05) is 32.9 Å². The summed E-state index contributed by atoms with van der Waals surface area (Å²) in [6.07, 6.45) is 0. The Morgan fingerprint density at radius 2 is 1.92 bits per heavy atom. The molecule has 2 aromatic rings. The van der Waals surface area contributed by atoms with Crippen LogP contribution < -0.4 is 0 Å². The van der Waals surface area contributed by atoms with Gasteiger partial charge in [-0.15, -0.1) is 0 Å². The van der Waals surface area contributed by atoms with Gasteiger partial charge in [0.25, 0.3) is 0 Å². The van der Waals surface area contributed by atoms with E-state index in [1.54, 1.807) is 0 Å². The van der Waals surface area contributed by atoms with Gasteiger partial charge in [-0.25, -0.2) is 0 Å². The summed E-state index contributed by atoms with van der Waals surface area (Å²) < 4.78 is 5.49. The second-order valence-corrected chi connectivity index (χ2v) is 3.12. The predicted molar refractivity (Wildman–Crippen MR) is 48.2 cm³/mol. The first kappa shape index (κ1) is 7.35. The van der Waals surface area contributed by atoms with E-state index in [-0.39, 0.29) is 0 Å². The fourth-order valence-corrected chi connectivity index (χ4v) is 1.47. The molecular weight excluding hydrogens is 150 g/mol. The lowest BCUT2D eigenvalue weighted by Crippen LogP contribution is -1.84. The van der Waals surface area contributed by atoms with Crippen molar-refractivity contribution < 1.29 is 4.42 Å². The van der Waals surface area contributed by atoms with Crippen LogP contribution >= 0.6 is 0 Å². The molecule has 2 rings (SSSR count). The molecule has 2 nitrogen and oxygen atoms in total. The Balaban J connectivity index is 2.88. The SMILES string of the molecule is Cc1cc2oc(C)cc2c(C)n1. The molecule has 0 aromatic carbocycles. The zero-order valence-electron chi connectivity index (χ0n) is 7.51. The molecule has 0 aliphatic heterocycles. The average Bonchev–Trinajstić information content (AvgIpc) is 2.29. The number of aryl methyl sites for hydroxylation is 3. The Bertz CT molecular complexity index is 429. The average molecular weight is 161 g/mol. The molecule has 0 spiro atoms. The van der Waals surface area contributed by atoms with Gasteiger partial charge in [0.15, 0.2) is 0 Å². The normalized spacial score (nSPS) is 10.9. The van der Waals surface area contributed by atoms with E-state index in [4.69, 9.17) is 4.42 Å². The Morgan fingerprint density at radius 3 is 2.67 bits per heavy atom. The van der Waals surface area contributed by atoms with E-state index < -0.39 is 0 Å². The van der Waals surface area contributed by atoms with Crippen molar-refractivity contribution in [3.8, 4) is 0 Å². The fourth-order valence-electron chi connectivity index (χ4n) is 1.47. The third-order valence-corrected chi connectivity index (χ3v) is 1.96. The molecule has 0 fully saturated rings. The van der Waals surface area contributed by atoms with E-state index in [2.05, 4.69) is 4.98 Å². The molecule has 0 unspecified atom stereocenters. The van der Waals surface area contributed by atoms with Crippen LogP contribution in [0.5, 0.6) is 0 Å². The number of furan rings is 1. The van der Waals surface area contributed by atoms with E-state index in [9.17, 15) is 0 Å². The first-order valence-electron chi connectivity index (χ1n) is 4.01. The standard InChI is InChI=1S/C10H11NO/c1-6-4-10-9(8(3)11-6)5-7(2)12-10/h4-5H,1-3H3. The maximum Gasteiger partial charge on any atom is 0.137 e. The molecule has 0 amide bonds. The second-order valence-electron chi connectivity index (χ2n) is 3.12. The molecule has 0 radical (unpaired) electrons. The molecule has 0 aliphatic rings. The van der Waals surface area contributed by atoms with E-state index in [1.165, 1.54) is 0 Å². The summed E-state index contributed by atoms with van der Waals surface area (Å²) in [6, 6.07) is 3.99. The van der Waals surface area contributed by atoms with Crippen LogP contribution in [0.3, 0.4) is 0 Å². The summed E-state index contributed by atoms with van der Waals surface area (Å²) in [5.41, 5.74) is 2.99. The number of nitrogens with zero attached hydrogens (tertiary/aromatic N) is 1. The summed E-state index contributed by atoms with van der Waals surface area (Å²) >= 11 is 0. The first-order chi connectivity index (χ1) is 5.66. The van der Waals surface area contributed by atoms with Crippen molar-refractivity contribution in [3.63, 3.8) is 0 Å². The van der Waals surface area contributed by atoms with Gasteiger partial charge in [-0.05, 0) is 26.8 Å². The van der Waals surface area contributed by atoms with E-state index in [0.29, 0.717) is 0 Å². The fraction of sp³-hybridized carbons (Fsp3) is 0.300. The number of rotatable bonds is 0. The van der Waals surface area contributed by atoms with Crippen molar-refractivity contribution >= 4 is 11.0 Å². The van der Waals surface area contributed by atoms with Crippen LogP contribution in [0, 0.1) is 20.8 Å². The van der Waals surface area contributed by atoms with Gasteiger partial charge in [0.2, 0.25) is 0 Å². The Morgan fingerprint density at radius 1 is 1.17 bits per heavy atom. The number of fused-ring (bicyclic) bond motifs is 1. The summed E-state index contributed by atoms with van der Waals surface area (Å²) in [7, 11) is 0. The minimum absolute atomic E-state index is 0.942. The van der Waals surface area contributed by atoms with E-state index in [0.717, 1.165) is 28.1 Å². The van der Waals surface area contributed by atoms with Crippen LogP contribution in [-0.4, -0.2) is 4.98 Å². The smallest absolute Gasteiger partial charge is 0.137 e. The zero-order chi connectivity index (χ0) is 8.72. The number of aromatic nitrogens is 1. The first-order valence-corrected chi connectivity index (χ1v) is 4.01. The molecule has 0 saturated heterocycles. The molecule has 0 N–H and O–H groups in total. The van der Waals surface area contributed by atoms with Crippen molar-refractivity contribution in [2.45, 2.75) is 20.8 Å². The van der Waals surface area contributed by atoms with Crippen LogP contribution in [0.1, 0.15) is 17.1 Å². The molecule has 0 aliphatic carbocycles.